The normalized spacial score (nSPS) is 12.3. The van der Waals surface area contributed by atoms with Gasteiger partial charge in [-0.1, -0.05) is 20.8 Å². The molecule has 0 aliphatic heterocycles. The van der Waals surface area contributed by atoms with Crippen LogP contribution in [0.25, 0.3) is 22.2 Å². The van der Waals surface area contributed by atoms with Gasteiger partial charge in [-0.25, -0.2) is 19.7 Å². The Labute approximate surface area is 163 Å². The molecular weight excluding hydrogens is 360 g/mol. The molecular formula is C20H24N4O4. The highest BCUT2D eigenvalue weighted by atomic mass is 16.5. The molecule has 0 radical (unpaired) electrons. The van der Waals surface area contributed by atoms with Crippen LogP contribution < -0.4 is 10.1 Å². The molecule has 3 rings (SSSR count). The highest BCUT2D eigenvalue weighted by Crippen LogP contribution is 2.35. The Kier molecular flexibility index (Phi) is 5.77. The Hall–Kier alpha value is -3.16. The average Bonchev–Trinajstić information content (AvgIpc) is 3.19. The molecule has 1 aromatic carbocycles. The third kappa shape index (κ3) is 4.05. The molecule has 1 atom stereocenters. The molecule has 0 aliphatic rings. The van der Waals surface area contributed by atoms with Crippen molar-refractivity contribution in [1.29, 1.82) is 0 Å². The van der Waals surface area contributed by atoms with E-state index in [1.54, 1.807) is 13.3 Å². The summed E-state index contributed by atoms with van der Waals surface area (Å²) >= 11 is 0. The number of nitrogens with zero attached hydrogens (tertiary/aromatic N) is 3. The summed E-state index contributed by atoms with van der Waals surface area (Å²) in [5, 5.41) is 12.6. The lowest BCUT2D eigenvalue weighted by Gasteiger charge is -2.19. The zero-order chi connectivity index (χ0) is 20.3. The maximum atomic E-state index is 11.3. The Balaban J connectivity index is 2.17. The predicted octanol–water partition coefficient (Wildman–Crippen LogP) is 4.21. The van der Waals surface area contributed by atoms with Gasteiger partial charge in [0.2, 0.25) is 0 Å². The van der Waals surface area contributed by atoms with Crippen LogP contribution in [0.15, 0.2) is 29.1 Å². The number of ether oxygens (including phenoxy) is 1. The van der Waals surface area contributed by atoms with Gasteiger partial charge in [0, 0.05) is 11.5 Å². The predicted molar refractivity (Wildman–Crippen MR) is 104 cm³/mol. The van der Waals surface area contributed by atoms with Gasteiger partial charge in [0.05, 0.1) is 36.1 Å². The van der Waals surface area contributed by atoms with Gasteiger partial charge in [0.25, 0.3) is 0 Å². The van der Waals surface area contributed by atoms with E-state index in [2.05, 4.69) is 20.3 Å². The molecule has 2 N–H and O–H groups in total. The molecule has 8 heteroatoms. The van der Waals surface area contributed by atoms with E-state index < -0.39 is 12.1 Å². The summed E-state index contributed by atoms with van der Waals surface area (Å²) in [6.07, 6.45) is 3.18. The van der Waals surface area contributed by atoms with Crippen molar-refractivity contribution < 1.29 is 19.1 Å². The summed E-state index contributed by atoms with van der Waals surface area (Å²) in [7, 11) is 1.58. The first kappa shape index (κ1) is 19.6. The van der Waals surface area contributed by atoms with Crippen LogP contribution in [0.1, 0.15) is 44.8 Å². The Bertz CT molecular complexity index is 970. The standard InChI is InChI=1S/C20H24N4O4/c1-5-14-12-7-13(18-9-21-10-28-18)17(27-4)8-15(12)23-19(22-14)16(6-11(2)3)24-20(25)26/h7-11,16,24H,5-6H2,1-4H3,(H,25,26). The van der Waals surface area contributed by atoms with Crippen molar-refractivity contribution >= 4 is 17.0 Å². The van der Waals surface area contributed by atoms with Gasteiger partial charge in [-0.05, 0) is 24.8 Å². The monoisotopic (exact) mass is 384 g/mol. The number of hydrogen-bond donors (Lipinski definition) is 2. The number of fused-ring (bicyclic) bond motifs is 1. The number of methoxy groups -OCH3 is 1. The van der Waals surface area contributed by atoms with E-state index in [4.69, 9.17) is 9.15 Å². The van der Waals surface area contributed by atoms with Crippen LogP contribution in [0.2, 0.25) is 0 Å². The molecule has 1 amide bonds. The summed E-state index contributed by atoms with van der Waals surface area (Å²) in [5.41, 5.74) is 2.30. The van der Waals surface area contributed by atoms with Crippen LogP contribution in [0.4, 0.5) is 4.79 Å². The maximum Gasteiger partial charge on any atom is 0.405 e. The molecule has 2 aromatic heterocycles. The molecule has 2 heterocycles. The lowest BCUT2D eigenvalue weighted by Crippen LogP contribution is -2.29. The number of amides is 1. The topological polar surface area (TPSA) is 110 Å². The number of hydrogen-bond acceptors (Lipinski definition) is 6. The van der Waals surface area contributed by atoms with Gasteiger partial charge in [-0.3, -0.25) is 0 Å². The van der Waals surface area contributed by atoms with E-state index in [1.807, 2.05) is 32.9 Å². The fourth-order valence-corrected chi connectivity index (χ4v) is 3.22. The SMILES string of the molecule is CCc1nc(C(CC(C)C)NC(=O)O)nc2cc(OC)c(-c3cnco3)cc12. The zero-order valence-electron chi connectivity index (χ0n) is 16.4. The zero-order valence-corrected chi connectivity index (χ0v) is 16.4. The lowest BCUT2D eigenvalue weighted by atomic mass is 10.0. The molecule has 0 saturated carbocycles. The van der Waals surface area contributed by atoms with Crippen molar-refractivity contribution in [3.05, 3.63) is 36.2 Å². The van der Waals surface area contributed by atoms with Crippen LogP contribution in [0, 0.1) is 5.92 Å². The molecule has 0 aliphatic carbocycles. The van der Waals surface area contributed by atoms with Crippen LogP contribution in [-0.4, -0.2) is 33.3 Å². The molecule has 8 nitrogen and oxygen atoms in total. The molecule has 148 valence electrons. The number of aromatic nitrogens is 3. The third-order valence-electron chi connectivity index (χ3n) is 4.46. The summed E-state index contributed by atoms with van der Waals surface area (Å²) in [6, 6.07) is 3.27. The first-order valence-electron chi connectivity index (χ1n) is 9.19. The summed E-state index contributed by atoms with van der Waals surface area (Å²) in [5.74, 6) is 1.94. The number of rotatable bonds is 7. The number of aryl methyl sites for hydroxylation is 1. The highest BCUT2D eigenvalue weighted by molar-refractivity contribution is 5.89. The van der Waals surface area contributed by atoms with Crippen LogP contribution in [0.5, 0.6) is 5.75 Å². The molecule has 0 fully saturated rings. The minimum absolute atomic E-state index is 0.282. The van der Waals surface area contributed by atoms with Crippen molar-refractivity contribution in [3.8, 4) is 17.1 Å². The van der Waals surface area contributed by atoms with Crippen LogP contribution in [0.3, 0.4) is 0 Å². The van der Waals surface area contributed by atoms with E-state index in [1.165, 1.54) is 6.39 Å². The largest absolute Gasteiger partial charge is 0.496 e. The summed E-state index contributed by atoms with van der Waals surface area (Å²) in [4.78, 5) is 24.6. The summed E-state index contributed by atoms with van der Waals surface area (Å²) in [6.45, 7) is 6.07. The molecule has 3 aromatic rings. The number of carboxylic acid groups (broad SMARTS) is 1. The van der Waals surface area contributed by atoms with E-state index in [0.29, 0.717) is 35.7 Å². The van der Waals surface area contributed by atoms with Crippen molar-refractivity contribution in [2.24, 2.45) is 5.92 Å². The number of benzene rings is 1. The first-order chi connectivity index (χ1) is 13.4. The second-order valence-corrected chi connectivity index (χ2v) is 6.95. The van der Waals surface area contributed by atoms with E-state index in [-0.39, 0.29) is 5.92 Å². The molecule has 28 heavy (non-hydrogen) atoms. The summed E-state index contributed by atoms with van der Waals surface area (Å²) < 4.78 is 10.9. The highest BCUT2D eigenvalue weighted by Gasteiger charge is 2.22. The lowest BCUT2D eigenvalue weighted by molar-refractivity contribution is 0.187. The van der Waals surface area contributed by atoms with Crippen molar-refractivity contribution in [2.75, 3.05) is 7.11 Å². The number of oxazole rings is 1. The fraction of sp³-hybridized carbons (Fsp3) is 0.400. The van der Waals surface area contributed by atoms with Gasteiger partial charge in [0.15, 0.2) is 18.0 Å². The van der Waals surface area contributed by atoms with Crippen LogP contribution in [-0.2, 0) is 6.42 Å². The van der Waals surface area contributed by atoms with Crippen molar-refractivity contribution in [2.45, 2.75) is 39.7 Å². The van der Waals surface area contributed by atoms with E-state index in [9.17, 15) is 9.90 Å². The van der Waals surface area contributed by atoms with Gasteiger partial charge in [-0.15, -0.1) is 0 Å². The fourth-order valence-electron chi connectivity index (χ4n) is 3.22. The second kappa shape index (κ2) is 8.24. The second-order valence-electron chi connectivity index (χ2n) is 6.95. The molecule has 0 bridgehead atoms. The minimum Gasteiger partial charge on any atom is -0.496 e. The third-order valence-corrected chi connectivity index (χ3v) is 4.46. The molecule has 0 spiro atoms. The smallest absolute Gasteiger partial charge is 0.405 e. The number of carbonyl (C=O) groups is 1. The minimum atomic E-state index is -1.09. The number of nitrogens with one attached hydrogen (secondary N) is 1. The average molecular weight is 384 g/mol. The van der Waals surface area contributed by atoms with E-state index >= 15 is 0 Å². The van der Waals surface area contributed by atoms with Gasteiger partial charge in [0.1, 0.15) is 5.75 Å². The maximum absolute atomic E-state index is 11.3. The van der Waals surface area contributed by atoms with Crippen molar-refractivity contribution in [3.63, 3.8) is 0 Å². The van der Waals surface area contributed by atoms with E-state index in [0.717, 1.165) is 16.6 Å². The van der Waals surface area contributed by atoms with Gasteiger partial charge in [-0.2, -0.15) is 0 Å². The quantitative estimate of drug-likeness (QED) is 0.628. The molecule has 1 unspecified atom stereocenters. The van der Waals surface area contributed by atoms with Crippen LogP contribution >= 0.6 is 0 Å². The van der Waals surface area contributed by atoms with Gasteiger partial charge >= 0.3 is 6.09 Å². The Morgan fingerprint density at radius 1 is 1.32 bits per heavy atom. The van der Waals surface area contributed by atoms with Crippen molar-refractivity contribution in [1.82, 2.24) is 20.3 Å². The first-order valence-corrected chi connectivity index (χ1v) is 9.19. The Morgan fingerprint density at radius 3 is 2.68 bits per heavy atom. The van der Waals surface area contributed by atoms with Gasteiger partial charge < -0.3 is 19.6 Å². The Morgan fingerprint density at radius 2 is 2.11 bits per heavy atom. The molecule has 0 saturated heterocycles.